The van der Waals surface area contributed by atoms with E-state index in [9.17, 15) is 0 Å². The number of pyridine rings is 1. The molecule has 1 heterocycles. The average molecular weight is 376 g/mol. The molecule has 1 nitrogen and oxygen atoms in total. The highest BCUT2D eigenvalue weighted by atomic mass is 14.9. The zero-order chi connectivity index (χ0) is 21.5. The molecule has 0 amide bonds. The van der Waals surface area contributed by atoms with Gasteiger partial charge in [-0.15, -0.1) is 0 Å². The fraction of sp³-hybridized carbons (Fsp3) is 0.444. The first-order valence-corrected chi connectivity index (χ1v) is 10.7. The van der Waals surface area contributed by atoms with Crippen LogP contribution in [0.4, 0.5) is 0 Å². The minimum Gasteiger partial charge on any atom is -0.200 e. The Morgan fingerprint density at radius 1 is 0.929 bits per heavy atom. The molecule has 0 bridgehead atoms. The lowest BCUT2D eigenvalue weighted by atomic mass is 9.86. The Morgan fingerprint density at radius 2 is 1.64 bits per heavy atom. The second-order valence-electron chi connectivity index (χ2n) is 9.29. The van der Waals surface area contributed by atoms with Crippen LogP contribution in [-0.2, 0) is 13.5 Å². The van der Waals surface area contributed by atoms with Crippen molar-refractivity contribution in [2.45, 2.75) is 66.7 Å². The van der Waals surface area contributed by atoms with Gasteiger partial charge in [-0.25, -0.2) is 4.57 Å². The summed E-state index contributed by atoms with van der Waals surface area (Å²) in [4.78, 5) is 0. The van der Waals surface area contributed by atoms with Crippen molar-refractivity contribution in [3.63, 3.8) is 0 Å². The van der Waals surface area contributed by atoms with Crippen LogP contribution in [0, 0.1) is 12.8 Å². The summed E-state index contributed by atoms with van der Waals surface area (Å²) in [6.45, 7) is 15.8. The lowest BCUT2D eigenvalue weighted by molar-refractivity contribution is -0.659. The Balaban J connectivity index is 2.35. The molecule has 0 radical (unpaired) electrons. The van der Waals surface area contributed by atoms with Gasteiger partial charge in [-0.2, -0.15) is 0 Å². The molecule has 3 aromatic rings. The van der Waals surface area contributed by atoms with E-state index in [4.69, 9.17) is 1.37 Å². The second kappa shape index (κ2) is 8.07. The van der Waals surface area contributed by atoms with Crippen molar-refractivity contribution in [1.82, 2.24) is 0 Å². The number of benzene rings is 2. The molecular weight excluding hydrogens is 338 g/mol. The molecule has 0 aliphatic carbocycles. The summed E-state index contributed by atoms with van der Waals surface area (Å²) in [7, 11) is 2.02. The van der Waals surface area contributed by atoms with Crippen LogP contribution in [0.3, 0.4) is 0 Å². The first-order valence-electron chi connectivity index (χ1n) is 11.2. The van der Waals surface area contributed by atoms with Gasteiger partial charge in [0, 0.05) is 6.07 Å². The fourth-order valence-electron chi connectivity index (χ4n) is 4.22. The molecule has 0 fully saturated rings. The first-order chi connectivity index (χ1) is 13.6. The Morgan fingerprint density at radius 3 is 2.25 bits per heavy atom. The van der Waals surface area contributed by atoms with Crippen LogP contribution >= 0.6 is 0 Å². The van der Waals surface area contributed by atoms with Crippen LogP contribution in [0.15, 0.2) is 42.6 Å². The number of rotatable bonds is 5. The van der Waals surface area contributed by atoms with Crippen LogP contribution in [-0.4, -0.2) is 0 Å². The molecular formula is C27H36N+. The molecule has 148 valence electrons. The Labute approximate surface area is 172 Å². The summed E-state index contributed by atoms with van der Waals surface area (Å²) >= 11 is 0. The van der Waals surface area contributed by atoms with Gasteiger partial charge in [0.2, 0.25) is 5.69 Å². The van der Waals surface area contributed by atoms with Gasteiger partial charge < -0.3 is 0 Å². The molecule has 1 aromatic heterocycles. The van der Waals surface area contributed by atoms with E-state index >= 15 is 0 Å². The molecule has 0 aliphatic heterocycles. The summed E-state index contributed by atoms with van der Waals surface area (Å²) in [6.07, 6.45) is 1.62. The number of nitrogens with zero attached hydrogens (tertiary/aromatic N) is 1. The van der Waals surface area contributed by atoms with Crippen molar-refractivity contribution in [2.24, 2.45) is 13.0 Å². The van der Waals surface area contributed by atoms with E-state index in [1.807, 2.05) is 17.7 Å². The highest BCUT2D eigenvalue weighted by Crippen LogP contribution is 2.35. The molecule has 0 saturated heterocycles. The van der Waals surface area contributed by atoms with E-state index in [0.717, 1.165) is 12.1 Å². The van der Waals surface area contributed by atoms with Crippen molar-refractivity contribution in [1.29, 1.82) is 0 Å². The van der Waals surface area contributed by atoms with E-state index < -0.39 is 0 Å². The quantitative estimate of drug-likeness (QED) is 0.419. The van der Waals surface area contributed by atoms with Gasteiger partial charge in [-0.3, -0.25) is 0 Å². The Hall–Kier alpha value is -2.15. The third-order valence-electron chi connectivity index (χ3n) is 5.78. The van der Waals surface area contributed by atoms with Gasteiger partial charge in [0.15, 0.2) is 6.17 Å². The lowest BCUT2D eigenvalue weighted by Crippen LogP contribution is -2.31. The first kappa shape index (κ1) is 19.2. The maximum absolute atomic E-state index is 8.61. The predicted molar refractivity (Wildman–Crippen MR) is 122 cm³/mol. The van der Waals surface area contributed by atoms with Crippen molar-refractivity contribution in [3.8, 4) is 11.3 Å². The summed E-state index contributed by atoms with van der Waals surface area (Å²) in [5.41, 5.74) is 7.88. The van der Waals surface area contributed by atoms with Crippen LogP contribution in [0.25, 0.3) is 22.0 Å². The van der Waals surface area contributed by atoms with E-state index in [-0.39, 0.29) is 0 Å². The third kappa shape index (κ3) is 3.99. The van der Waals surface area contributed by atoms with Gasteiger partial charge in [0.25, 0.3) is 0 Å². The maximum Gasteiger partial charge on any atom is 0.220 e. The smallest absolute Gasteiger partial charge is 0.200 e. The monoisotopic (exact) mass is 375 g/mol. The molecule has 0 atom stereocenters. The van der Waals surface area contributed by atoms with E-state index in [0.29, 0.717) is 23.9 Å². The molecule has 0 N–H and O–H groups in total. The van der Waals surface area contributed by atoms with Crippen LogP contribution < -0.4 is 4.57 Å². The standard InChI is InChI=1S/C27H36N/c1-17(2)13-21-9-10-24-22(14-21)11-12-28(8)27(24)26-16-23(18(3)4)15-25(19(5)6)20(26)7/h9-12,14-19H,13H2,1-8H3/q+1/i12D. The Kier molecular flexibility index (Phi) is 5.53. The fourth-order valence-corrected chi connectivity index (χ4v) is 4.22. The van der Waals surface area contributed by atoms with E-state index in [1.165, 1.54) is 38.6 Å². The van der Waals surface area contributed by atoms with Gasteiger partial charge >= 0.3 is 0 Å². The van der Waals surface area contributed by atoms with Crippen LogP contribution in [0.1, 0.15) is 77.0 Å². The summed E-state index contributed by atoms with van der Waals surface area (Å²) < 4.78 is 10.7. The molecule has 2 aromatic carbocycles. The minimum atomic E-state index is 0.472. The molecule has 0 saturated carbocycles. The van der Waals surface area contributed by atoms with Crippen molar-refractivity contribution in [2.75, 3.05) is 0 Å². The van der Waals surface area contributed by atoms with Crippen molar-refractivity contribution < 1.29 is 5.94 Å². The Bertz CT molecular complexity index is 1040. The van der Waals surface area contributed by atoms with Gasteiger partial charge in [0.05, 0.1) is 10.9 Å². The van der Waals surface area contributed by atoms with Crippen molar-refractivity contribution >= 4 is 10.8 Å². The zero-order valence-electron chi connectivity index (χ0n) is 19.9. The topological polar surface area (TPSA) is 3.88 Å². The van der Waals surface area contributed by atoms with Crippen LogP contribution in [0.5, 0.6) is 0 Å². The summed E-state index contributed by atoms with van der Waals surface area (Å²) in [6, 6.07) is 13.5. The number of fused-ring (bicyclic) bond motifs is 1. The average Bonchev–Trinajstić information content (AvgIpc) is 2.62. The third-order valence-corrected chi connectivity index (χ3v) is 5.78. The number of hydrogen-bond donors (Lipinski definition) is 0. The van der Waals surface area contributed by atoms with Crippen molar-refractivity contribution in [3.05, 3.63) is 64.8 Å². The van der Waals surface area contributed by atoms with E-state index in [2.05, 4.69) is 78.8 Å². The van der Waals surface area contributed by atoms with Gasteiger partial charge in [-0.05, 0) is 70.9 Å². The van der Waals surface area contributed by atoms with Gasteiger partial charge in [0.1, 0.15) is 8.42 Å². The van der Waals surface area contributed by atoms with E-state index in [1.54, 1.807) is 0 Å². The largest absolute Gasteiger partial charge is 0.220 e. The maximum atomic E-state index is 8.61. The molecule has 0 unspecified atom stereocenters. The normalized spacial score (nSPS) is 12.5. The number of hydrogen-bond acceptors (Lipinski definition) is 0. The highest BCUT2D eigenvalue weighted by molar-refractivity contribution is 5.94. The number of aromatic nitrogens is 1. The molecule has 28 heavy (non-hydrogen) atoms. The predicted octanol–water partition coefficient (Wildman–Crippen LogP) is 7.09. The molecule has 0 spiro atoms. The SMILES string of the molecule is [2H]c1cc2cc(CC(C)C)ccc2c(-c2cc(C(C)C)cc(C(C)C)c2C)[n+]1C. The molecule has 0 aliphatic rings. The molecule has 3 rings (SSSR count). The zero-order valence-corrected chi connectivity index (χ0v) is 18.9. The molecule has 1 heteroatoms. The lowest BCUT2D eigenvalue weighted by Gasteiger charge is -2.18. The van der Waals surface area contributed by atoms with Gasteiger partial charge in [-0.1, -0.05) is 59.7 Å². The second-order valence-corrected chi connectivity index (χ2v) is 9.29. The summed E-state index contributed by atoms with van der Waals surface area (Å²) in [5, 5.41) is 2.40. The van der Waals surface area contributed by atoms with Crippen LogP contribution in [0.2, 0.25) is 0 Å². The minimum absolute atomic E-state index is 0.472. The summed E-state index contributed by atoms with van der Waals surface area (Å²) in [5.74, 6) is 1.57. The highest BCUT2D eigenvalue weighted by Gasteiger charge is 2.21.